The fourth-order valence-corrected chi connectivity index (χ4v) is 4.47. The summed E-state index contributed by atoms with van der Waals surface area (Å²) >= 11 is 0. The van der Waals surface area contributed by atoms with Gasteiger partial charge in [-0.25, -0.2) is 4.98 Å². The Morgan fingerprint density at radius 3 is 1.60 bits per heavy atom. The smallest absolute Gasteiger partial charge is 0.548 e. The third-order valence-corrected chi connectivity index (χ3v) is 6.12. The molecule has 0 fully saturated rings. The molecule has 1 aromatic heterocycles. The van der Waals surface area contributed by atoms with Crippen molar-refractivity contribution >= 4 is 17.6 Å². The Morgan fingerprint density at radius 2 is 1.10 bits per heavy atom. The Morgan fingerprint density at radius 1 is 0.625 bits per heavy atom. The molecule has 0 amide bonds. The molecule has 7 nitrogen and oxygen atoms in total. The summed E-state index contributed by atoms with van der Waals surface area (Å²) in [4.78, 5) is 28.7. The number of imidazole rings is 1. The molecule has 0 unspecified atom stereocenters. The molecule has 0 aliphatic rings. The summed E-state index contributed by atoms with van der Waals surface area (Å²) < 4.78 is 2.10. The number of aliphatic carboxylic acids is 2. The molecule has 9 heteroatoms. The van der Waals surface area contributed by atoms with Crippen molar-refractivity contribution in [2.24, 2.45) is 0 Å². The van der Waals surface area contributed by atoms with Crippen LogP contribution in [-0.2, 0) is 9.59 Å². The van der Waals surface area contributed by atoms with Crippen LogP contribution in [0, 0.1) is 0 Å². The minimum Gasteiger partial charge on any atom is -0.548 e. The Balaban J connectivity index is 0.00000220. The Labute approximate surface area is 317 Å². The first kappa shape index (κ1) is 32.6. The van der Waals surface area contributed by atoms with Crippen LogP contribution in [0.15, 0.2) is 115 Å². The van der Waals surface area contributed by atoms with Crippen LogP contribution >= 0.6 is 0 Å². The molecule has 0 saturated heterocycles. The van der Waals surface area contributed by atoms with Gasteiger partial charge in [0.05, 0.1) is 36.4 Å². The third kappa shape index (κ3) is 7.68. The summed E-state index contributed by atoms with van der Waals surface area (Å²) in [5.74, 6) is -2.07. The molecule has 0 aliphatic carbocycles. The van der Waals surface area contributed by atoms with Crippen molar-refractivity contribution in [2.75, 3.05) is 18.0 Å². The molecule has 0 saturated carbocycles. The van der Waals surface area contributed by atoms with Crippen molar-refractivity contribution < 1.29 is 123 Å². The number of rotatable bonds is 9. The van der Waals surface area contributed by atoms with Gasteiger partial charge in [0.2, 0.25) is 0 Å². The van der Waals surface area contributed by atoms with E-state index in [0.717, 1.165) is 33.8 Å². The Bertz CT molecular complexity index is 1540. The Hall–Kier alpha value is -1.90. The van der Waals surface area contributed by atoms with Crippen LogP contribution in [0.2, 0.25) is 0 Å². The summed E-state index contributed by atoms with van der Waals surface area (Å²) in [6, 6.07) is 36.9. The number of carbonyl (C=O) groups is 2. The van der Waals surface area contributed by atoms with Crippen molar-refractivity contribution in [3.8, 4) is 39.6 Å². The van der Waals surface area contributed by atoms with Crippen molar-refractivity contribution in [2.45, 2.75) is 0 Å². The van der Waals surface area contributed by atoms with E-state index in [1.165, 1.54) is 4.90 Å². The van der Waals surface area contributed by atoms with Crippen LogP contribution in [0.1, 0.15) is 0 Å². The van der Waals surface area contributed by atoms with Gasteiger partial charge < -0.3 is 24.7 Å². The average Bonchev–Trinajstić information content (AvgIpc) is 3.34. The molecule has 1 heterocycles. The maximum atomic E-state index is 11.2. The molecule has 0 spiro atoms. The number of benzene rings is 4. The van der Waals surface area contributed by atoms with Gasteiger partial charge in [-0.05, 0) is 36.4 Å². The number of nitrogens with zero attached hydrogens (tertiary/aromatic N) is 3. The largest absolute Gasteiger partial charge is 1.00 e. The van der Waals surface area contributed by atoms with Gasteiger partial charge in [-0.1, -0.05) is 78.9 Å². The second-order valence-corrected chi connectivity index (χ2v) is 8.68. The number of carboxylic acids is 2. The molecule has 0 radical (unpaired) electrons. The zero-order valence-corrected chi connectivity index (χ0v) is 28.6. The van der Waals surface area contributed by atoms with E-state index >= 15 is 0 Å². The number of hydrogen-bond acceptors (Lipinski definition) is 6. The fraction of sp³-hybridized carbons (Fsp3) is 0.0645. The third-order valence-electron chi connectivity index (χ3n) is 6.12. The Kier molecular flexibility index (Phi) is 12.5. The molecule has 0 bridgehead atoms. The number of carboxylic acid groups (broad SMARTS) is 2. The van der Waals surface area contributed by atoms with E-state index in [2.05, 4.69) is 4.57 Å². The van der Waals surface area contributed by atoms with E-state index in [0.29, 0.717) is 11.5 Å². The van der Waals surface area contributed by atoms with Gasteiger partial charge in [-0.2, -0.15) is 0 Å². The molecule has 5 aromatic rings. The zero-order valence-electron chi connectivity index (χ0n) is 22.4. The molecule has 0 atom stereocenters. The van der Waals surface area contributed by atoms with E-state index in [-0.39, 0.29) is 103 Å². The quantitative estimate of drug-likeness (QED) is 0.175. The number of anilines is 1. The summed E-state index contributed by atoms with van der Waals surface area (Å²) in [6.45, 7) is -1.13. The zero-order chi connectivity index (χ0) is 26.5. The molecule has 40 heavy (non-hydrogen) atoms. The van der Waals surface area contributed by atoms with Crippen LogP contribution in [0.25, 0.3) is 39.6 Å². The van der Waals surface area contributed by atoms with E-state index in [1.807, 2.05) is 91.0 Å². The summed E-state index contributed by atoms with van der Waals surface area (Å²) in [5.41, 5.74) is 5.83. The molecule has 4 aromatic carbocycles. The van der Waals surface area contributed by atoms with Crippen LogP contribution < -0.4 is 118 Å². The van der Waals surface area contributed by atoms with Crippen LogP contribution in [-0.4, -0.2) is 34.6 Å². The van der Waals surface area contributed by atoms with Crippen LogP contribution in [0.5, 0.6) is 0 Å². The first-order chi connectivity index (χ1) is 18.5. The maximum absolute atomic E-state index is 11.2. The fourth-order valence-electron chi connectivity index (χ4n) is 4.47. The average molecular weight is 580 g/mol. The number of para-hydroxylation sites is 1. The molecule has 188 valence electrons. The first-order valence-electron chi connectivity index (χ1n) is 12.1. The second-order valence-electron chi connectivity index (χ2n) is 8.68. The predicted octanol–water partition coefficient (Wildman–Crippen LogP) is -2.81. The summed E-state index contributed by atoms with van der Waals surface area (Å²) in [7, 11) is 0. The SMILES string of the molecule is O=C([O-])CN(CC(=O)[O-])c1ccc(-c2nc(-c3ccccc3)c(-c3ccccc3)n2-c2ccccc2)cc1.[K+].[K+]. The molecule has 5 rings (SSSR count). The number of hydrogen-bond donors (Lipinski definition) is 0. The molecule has 0 N–H and O–H groups in total. The normalized spacial score (nSPS) is 10.2. The van der Waals surface area contributed by atoms with Crippen molar-refractivity contribution in [3.63, 3.8) is 0 Å². The van der Waals surface area contributed by atoms with E-state index < -0.39 is 25.0 Å². The molecular formula is C31H23K2N3O4. The van der Waals surface area contributed by atoms with Crippen molar-refractivity contribution in [1.82, 2.24) is 9.55 Å². The topological polar surface area (TPSA) is 101 Å². The minimum absolute atomic E-state index is 0. The van der Waals surface area contributed by atoms with Crippen molar-refractivity contribution in [1.29, 1.82) is 0 Å². The van der Waals surface area contributed by atoms with Gasteiger partial charge in [0, 0.05) is 28.1 Å². The summed E-state index contributed by atoms with van der Waals surface area (Å²) in [6.07, 6.45) is 0. The van der Waals surface area contributed by atoms with Gasteiger partial charge in [0.15, 0.2) is 0 Å². The van der Waals surface area contributed by atoms with E-state index in [4.69, 9.17) is 4.98 Å². The number of aromatic nitrogens is 2. The standard InChI is InChI=1S/C31H25N3O4.2K/c35-27(36)20-33(21-28(37)38)25-18-16-24(17-19-25)31-32-29(22-10-4-1-5-11-22)30(23-12-6-2-7-13-23)34(31)26-14-8-3-9-15-26;;/h1-19H,20-21H2,(H,35,36)(H,37,38);;/q;2*+1/p-2. The van der Waals surface area contributed by atoms with Gasteiger partial charge in [-0.3, -0.25) is 4.57 Å². The van der Waals surface area contributed by atoms with Gasteiger partial charge in [0.25, 0.3) is 0 Å². The first-order valence-corrected chi connectivity index (χ1v) is 12.1. The number of carbonyl (C=O) groups excluding carboxylic acids is 2. The molecular weight excluding hydrogens is 557 g/mol. The van der Waals surface area contributed by atoms with Gasteiger partial charge in [0.1, 0.15) is 5.82 Å². The predicted molar refractivity (Wildman–Crippen MR) is 142 cm³/mol. The van der Waals surface area contributed by atoms with Gasteiger partial charge in [-0.15, -0.1) is 0 Å². The second kappa shape index (κ2) is 15.4. The molecule has 0 aliphatic heterocycles. The minimum atomic E-state index is -1.38. The van der Waals surface area contributed by atoms with Crippen molar-refractivity contribution in [3.05, 3.63) is 115 Å². The monoisotopic (exact) mass is 579 g/mol. The van der Waals surface area contributed by atoms with E-state index in [9.17, 15) is 19.8 Å². The summed E-state index contributed by atoms with van der Waals surface area (Å²) in [5, 5.41) is 22.4. The van der Waals surface area contributed by atoms with Crippen LogP contribution in [0.4, 0.5) is 5.69 Å². The van der Waals surface area contributed by atoms with Gasteiger partial charge >= 0.3 is 103 Å². The van der Waals surface area contributed by atoms with Crippen LogP contribution in [0.3, 0.4) is 0 Å². The van der Waals surface area contributed by atoms with E-state index in [1.54, 1.807) is 24.3 Å². The maximum Gasteiger partial charge on any atom is 1.00 e.